The number of hydrogen-bond acceptors (Lipinski definition) is 4. The lowest BCUT2D eigenvalue weighted by Crippen LogP contribution is -1.97. The molecule has 2 unspecified atom stereocenters. The fourth-order valence-corrected chi connectivity index (χ4v) is 3.08. The second kappa shape index (κ2) is 5.27. The summed E-state index contributed by atoms with van der Waals surface area (Å²) in [6, 6.07) is 5.79. The minimum absolute atomic E-state index is 0.457. The van der Waals surface area contributed by atoms with Gasteiger partial charge in [-0.3, -0.25) is 0 Å². The zero-order chi connectivity index (χ0) is 14.1. The molecule has 0 aliphatic heterocycles. The molecule has 3 rings (SSSR count). The monoisotopic (exact) mass is 271 g/mol. The minimum atomic E-state index is 0.457. The van der Waals surface area contributed by atoms with Gasteiger partial charge in [0.15, 0.2) is 5.82 Å². The van der Waals surface area contributed by atoms with Gasteiger partial charge in [0, 0.05) is 17.2 Å². The quantitative estimate of drug-likeness (QED) is 0.859. The Hall–Kier alpha value is -1.84. The van der Waals surface area contributed by atoms with Gasteiger partial charge in [-0.2, -0.15) is 4.98 Å². The van der Waals surface area contributed by atoms with Crippen LogP contribution in [0.1, 0.15) is 49.9 Å². The minimum Gasteiger partial charge on any atom is -0.398 e. The smallest absolute Gasteiger partial charge is 0.258 e. The van der Waals surface area contributed by atoms with Gasteiger partial charge in [0.05, 0.1) is 0 Å². The van der Waals surface area contributed by atoms with Crippen LogP contribution in [0.4, 0.5) is 5.69 Å². The standard InChI is InChI=1S/C16H21N3O/c1-3-11-7-8-12(9-11)15-18-16(20-19-15)13-5-4-6-14(17)10(13)2/h4-6,11-12H,3,7-9,17H2,1-2H3. The summed E-state index contributed by atoms with van der Waals surface area (Å²) >= 11 is 0. The first kappa shape index (κ1) is 13.2. The summed E-state index contributed by atoms with van der Waals surface area (Å²) < 4.78 is 5.45. The number of nitrogens with two attached hydrogens (primary N) is 1. The number of anilines is 1. The largest absolute Gasteiger partial charge is 0.398 e. The summed E-state index contributed by atoms with van der Waals surface area (Å²) in [7, 11) is 0. The number of benzene rings is 1. The van der Waals surface area contributed by atoms with Gasteiger partial charge in [0.25, 0.3) is 5.89 Å². The average molecular weight is 271 g/mol. The molecule has 0 radical (unpaired) electrons. The lowest BCUT2D eigenvalue weighted by Gasteiger charge is -2.05. The van der Waals surface area contributed by atoms with Crippen LogP contribution in [0.15, 0.2) is 22.7 Å². The Balaban J connectivity index is 1.85. The van der Waals surface area contributed by atoms with E-state index in [2.05, 4.69) is 17.1 Å². The van der Waals surface area contributed by atoms with Crippen molar-refractivity contribution in [2.45, 2.75) is 45.4 Å². The summed E-state index contributed by atoms with van der Waals surface area (Å²) in [4.78, 5) is 4.60. The van der Waals surface area contributed by atoms with Crippen molar-refractivity contribution in [1.29, 1.82) is 0 Å². The molecule has 0 saturated heterocycles. The van der Waals surface area contributed by atoms with Gasteiger partial charge in [0.1, 0.15) is 0 Å². The van der Waals surface area contributed by atoms with E-state index < -0.39 is 0 Å². The van der Waals surface area contributed by atoms with Crippen molar-refractivity contribution in [3.05, 3.63) is 29.6 Å². The van der Waals surface area contributed by atoms with Gasteiger partial charge in [-0.25, -0.2) is 0 Å². The highest BCUT2D eigenvalue weighted by Crippen LogP contribution is 2.39. The Morgan fingerprint density at radius 1 is 1.35 bits per heavy atom. The molecule has 1 heterocycles. The third-order valence-electron chi connectivity index (χ3n) is 4.53. The Morgan fingerprint density at radius 3 is 2.95 bits per heavy atom. The predicted octanol–water partition coefficient (Wildman–Crippen LogP) is 3.92. The maximum absolute atomic E-state index is 5.93. The summed E-state index contributed by atoms with van der Waals surface area (Å²) in [5.74, 6) is 2.72. The van der Waals surface area contributed by atoms with E-state index in [9.17, 15) is 0 Å². The fraction of sp³-hybridized carbons (Fsp3) is 0.500. The summed E-state index contributed by atoms with van der Waals surface area (Å²) in [5, 5.41) is 4.19. The molecule has 0 amide bonds. The van der Waals surface area contributed by atoms with E-state index in [-0.39, 0.29) is 0 Å². The SMILES string of the molecule is CCC1CCC(c2noc(-c3cccc(N)c3C)n2)C1. The predicted molar refractivity (Wildman–Crippen MR) is 79.3 cm³/mol. The Bertz CT molecular complexity index is 606. The Kier molecular flexibility index (Phi) is 3.47. The average Bonchev–Trinajstić information content (AvgIpc) is 3.09. The number of nitrogens with zero attached hydrogens (tertiary/aromatic N) is 2. The van der Waals surface area contributed by atoms with E-state index in [0.717, 1.165) is 28.6 Å². The van der Waals surface area contributed by atoms with Gasteiger partial charge in [-0.1, -0.05) is 24.6 Å². The van der Waals surface area contributed by atoms with Crippen molar-refractivity contribution in [2.24, 2.45) is 5.92 Å². The van der Waals surface area contributed by atoms with Gasteiger partial charge in [0.2, 0.25) is 0 Å². The topological polar surface area (TPSA) is 64.9 Å². The van der Waals surface area contributed by atoms with E-state index in [1.807, 2.05) is 25.1 Å². The number of hydrogen-bond donors (Lipinski definition) is 1. The molecule has 4 nitrogen and oxygen atoms in total. The van der Waals surface area contributed by atoms with Gasteiger partial charge in [-0.05, 0) is 49.8 Å². The highest BCUT2D eigenvalue weighted by Gasteiger charge is 2.28. The van der Waals surface area contributed by atoms with Gasteiger partial charge < -0.3 is 10.3 Å². The molecular formula is C16H21N3O. The van der Waals surface area contributed by atoms with Crippen molar-refractivity contribution in [1.82, 2.24) is 10.1 Å². The van der Waals surface area contributed by atoms with Crippen molar-refractivity contribution >= 4 is 5.69 Å². The van der Waals surface area contributed by atoms with Crippen LogP contribution in [-0.4, -0.2) is 10.1 Å². The molecule has 20 heavy (non-hydrogen) atoms. The van der Waals surface area contributed by atoms with Crippen molar-refractivity contribution in [3.8, 4) is 11.5 Å². The maximum Gasteiger partial charge on any atom is 0.258 e. The molecular weight excluding hydrogens is 250 g/mol. The molecule has 1 aliphatic rings. The molecule has 1 aromatic carbocycles. The second-order valence-electron chi connectivity index (χ2n) is 5.76. The van der Waals surface area contributed by atoms with E-state index >= 15 is 0 Å². The first-order valence-corrected chi connectivity index (χ1v) is 7.38. The highest BCUT2D eigenvalue weighted by atomic mass is 16.5. The normalized spacial score (nSPS) is 22.3. The molecule has 1 saturated carbocycles. The molecule has 2 aromatic rings. The molecule has 2 N–H and O–H groups in total. The zero-order valence-corrected chi connectivity index (χ0v) is 12.1. The molecule has 1 aromatic heterocycles. The zero-order valence-electron chi connectivity index (χ0n) is 12.1. The summed E-state index contributed by atoms with van der Waals surface area (Å²) in [6.07, 6.45) is 4.89. The molecule has 1 fully saturated rings. The van der Waals surface area contributed by atoms with E-state index in [0.29, 0.717) is 11.8 Å². The van der Waals surface area contributed by atoms with Crippen LogP contribution in [0, 0.1) is 12.8 Å². The third kappa shape index (κ3) is 2.30. The molecule has 2 atom stereocenters. The lowest BCUT2D eigenvalue weighted by molar-refractivity contribution is 0.413. The molecule has 0 bridgehead atoms. The van der Waals surface area contributed by atoms with Gasteiger partial charge >= 0.3 is 0 Å². The molecule has 106 valence electrons. The first-order valence-electron chi connectivity index (χ1n) is 7.38. The van der Waals surface area contributed by atoms with Crippen LogP contribution < -0.4 is 5.73 Å². The van der Waals surface area contributed by atoms with Crippen LogP contribution in [0.3, 0.4) is 0 Å². The lowest BCUT2D eigenvalue weighted by atomic mass is 10.0. The van der Waals surface area contributed by atoms with Crippen LogP contribution in [0.2, 0.25) is 0 Å². The molecule has 0 spiro atoms. The van der Waals surface area contributed by atoms with Crippen LogP contribution in [0.5, 0.6) is 0 Å². The number of rotatable bonds is 3. The summed E-state index contributed by atoms with van der Waals surface area (Å²) in [5.41, 5.74) is 8.63. The number of aromatic nitrogens is 2. The Labute approximate surface area is 119 Å². The summed E-state index contributed by atoms with van der Waals surface area (Å²) in [6.45, 7) is 4.24. The van der Waals surface area contributed by atoms with Crippen molar-refractivity contribution in [3.63, 3.8) is 0 Å². The number of nitrogen functional groups attached to an aromatic ring is 1. The Morgan fingerprint density at radius 2 is 2.20 bits per heavy atom. The van der Waals surface area contributed by atoms with E-state index in [1.165, 1.54) is 25.7 Å². The van der Waals surface area contributed by atoms with E-state index in [1.54, 1.807) is 0 Å². The van der Waals surface area contributed by atoms with Crippen molar-refractivity contribution < 1.29 is 4.52 Å². The van der Waals surface area contributed by atoms with Gasteiger partial charge in [-0.15, -0.1) is 0 Å². The van der Waals surface area contributed by atoms with Crippen LogP contribution in [-0.2, 0) is 0 Å². The second-order valence-corrected chi connectivity index (χ2v) is 5.76. The third-order valence-corrected chi connectivity index (χ3v) is 4.53. The van der Waals surface area contributed by atoms with E-state index in [4.69, 9.17) is 10.3 Å². The molecule has 1 aliphatic carbocycles. The highest BCUT2D eigenvalue weighted by molar-refractivity contribution is 5.66. The first-order chi connectivity index (χ1) is 9.69. The van der Waals surface area contributed by atoms with Crippen LogP contribution in [0.25, 0.3) is 11.5 Å². The fourth-order valence-electron chi connectivity index (χ4n) is 3.08. The molecule has 4 heteroatoms. The van der Waals surface area contributed by atoms with Crippen molar-refractivity contribution in [2.75, 3.05) is 5.73 Å². The maximum atomic E-state index is 5.93. The van der Waals surface area contributed by atoms with Crippen LogP contribution >= 0.6 is 0 Å².